The van der Waals surface area contributed by atoms with Gasteiger partial charge in [0.2, 0.25) is 0 Å². The lowest BCUT2D eigenvalue weighted by Crippen LogP contribution is -2.08. The Morgan fingerprint density at radius 2 is 2.23 bits per heavy atom. The Balaban J connectivity index is 2.44. The molecule has 22 heavy (non-hydrogen) atoms. The van der Waals surface area contributed by atoms with Crippen LogP contribution >= 0.6 is 27.7 Å². The maximum atomic E-state index is 14.2. The number of halogens is 2. The molecule has 2 aromatic rings. The summed E-state index contributed by atoms with van der Waals surface area (Å²) in [5.41, 5.74) is 12.4. The average Bonchev–Trinajstić information content (AvgIpc) is 2.97. The van der Waals surface area contributed by atoms with Crippen LogP contribution in [0.25, 0.3) is 10.9 Å². The van der Waals surface area contributed by atoms with Gasteiger partial charge in [-0.3, -0.25) is 0 Å². The minimum Gasteiger partial charge on any atom is -0.451 e. The third-order valence-corrected chi connectivity index (χ3v) is 4.33. The van der Waals surface area contributed by atoms with Crippen molar-refractivity contribution >= 4 is 44.8 Å². The van der Waals surface area contributed by atoms with E-state index in [1.165, 1.54) is 23.9 Å². The van der Waals surface area contributed by atoms with E-state index < -0.39 is 5.82 Å². The zero-order valence-corrected chi connectivity index (χ0v) is 14.0. The quantitative estimate of drug-likeness (QED) is 0.360. The molecule has 0 unspecified atom stereocenters. The Bertz CT molecular complexity index is 784. The van der Waals surface area contributed by atoms with Gasteiger partial charge in [-0.1, -0.05) is 0 Å². The van der Waals surface area contributed by atoms with Gasteiger partial charge in [-0.05, 0) is 28.3 Å². The van der Waals surface area contributed by atoms with Crippen LogP contribution in [0.5, 0.6) is 5.75 Å². The summed E-state index contributed by atoms with van der Waals surface area (Å²) in [4.78, 5) is 2.92. The smallest absolute Gasteiger partial charge is 0.178 e. The van der Waals surface area contributed by atoms with Gasteiger partial charge in [0.25, 0.3) is 0 Å². The second kappa shape index (κ2) is 6.89. The minimum absolute atomic E-state index is 0.0163. The van der Waals surface area contributed by atoms with Gasteiger partial charge in [0.1, 0.15) is 5.76 Å². The molecule has 8 heteroatoms. The van der Waals surface area contributed by atoms with Crippen LogP contribution in [0.3, 0.4) is 0 Å². The predicted molar refractivity (Wildman–Crippen MR) is 92.4 cm³/mol. The summed E-state index contributed by atoms with van der Waals surface area (Å²) in [5, 5.41) is 8.55. The molecule has 0 saturated heterocycles. The van der Waals surface area contributed by atoms with Crippen molar-refractivity contribution in [2.24, 2.45) is 11.5 Å². The van der Waals surface area contributed by atoms with E-state index in [1.807, 2.05) is 0 Å². The van der Waals surface area contributed by atoms with Crippen LogP contribution in [0.2, 0.25) is 0 Å². The van der Waals surface area contributed by atoms with Gasteiger partial charge in [0, 0.05) is 29.2 Å². The fraction of sp³-hybridized carbons (Fsp3) is 0.0714. The molecular formula is C14H14BrFN4OS. The maximum Gasteiger partial charge on any atom is 0.178 e. The molecule has 0 aliphatic heterocycles. The number of thioether (sulfide) groups is 1. The first-order valence-corrected chi connectivity index (χ1v) is 8.14. The monoisotopic (exact) mass is 384 g/mol. The van der Waals surface area contributed by atoms with E-state index in [9.17, 15) is 4.39 Å². The number of rotatable bonds is 5. The number of aromatic nitrogens is 1. The van der Waals surface area contributed by atoms with E-state index in [-0.39, 0.29) is 17.2 Å². The van der Waals surface area contributed by atoms with Crippen molar-refractivity contribution in [1.82, 2.24) is 4.98 Å². The number of fused-ring (bicyclic) bond motifs is 1. The Morgan fingerprint density at radius 3 is 2.86 bits per heavy atom. The summed E-state index contributed by atoms with van der Waals surface area (Å²) in [6.07, 6.45) is 5.79. The van der Waals surface area contributed by atoms with Crippen LogP contribution in [-0.2, 0) is 0 Å². The number of hydrogen-bond donors (Lipinski definition) is 4. The van der Waals surface area contributed by atoms with Crippen molar-refractivity contribution in [3.05, 3.63) is 51.2 Å². The van der Waals surface area contributed by atoms with Crippen molar-refractivity contribution in [2.75, 3.05) is 6.26 Å². The number of aromatic amines is 1. The lowest BCUT2D eigenvalue weighted by atomic mass is 10.2. The largest absolute Gasteiger partial charge is 0.451 e. The molecule has 0 saturated carbocycles. The third-order valence-electron chi connectivity index (χ3n) is 2.87. The molecule has 1 aromatic carbocycles. The van der Waals surface area contributed by atoms with Gasteiger partial charge < -0.3 is 26.6 Å². The van der Waals surface area contributed by atoms with Crippen molar-refractivity contribution in [1.29, 1.82) is 5.41 Å². The Kier molecular flexibility index (Phi) is 5.15. The highest BCUT2D eigenvalue weighted by Crippen LogP contribution is 2.36. The Labute approximate surface area is 139 Å². The second-order valence-electron chi connectivity index (χ2n) is 4.26. The first-order chi connectivity index (χ1) is 10.5. The highest BCUT2D eigenvalue weighted by molar-refractivity contribution is 9.10. The van der Waals surface area contributed by atoms with Gasteiger partial charge in [-0.2, -0.15) is 0 Å². The topological polar surface area (TPSA) is 101 Å². The van der Waals surface area contributed by atoms with E-state index in [2.05, 4.69) is 20.9 Å². The summed E-state index contributed by atoms with van der Waals surface area (Å²) in [6.45, 7) is 0. The molecule has 0 atom stereocenters. The van der Waals surface area contributed by atoms with Crippen molar-refractivity contribution in [3.63, 3.8) is 0 Å². The van der Waals surface area contributed by atoms with Gasteiger partial charge in [-0.25, -0.2) is 4.39 Å². The highest BCUT2D eigenvalue weighted by Gasteiger charge is 2.15. The zero-order valence-electron chi connectivity index (χ0n) is 11.6. The molecule has 1 aromatic heterocycles. The van der Waals surface area contributed by atoms with E-state index in [0.29, 0.717) is 15.0 Å². The van der Waals surface area contributed by atoms with Crippen LogP contribution in [0.4, 0.5) is 4.39 Å². The standard InChI is InChI=1S/C14H14BrFN4OS/c1-22-14(19)10(18)4-7(6-17)21-13-9(16)5-11-8(12(13)15)2-3-20-11/h2-6,17,20H,18-19H2,1H3/b7-4+,14-10+,17-6?. The molecule has 0 amide bonds. The fourth-order valence-electron chi connectivity index (χ4n) is 1.77. The summed E-state index contributed by atoms with van der Waals surface area (Å²) in [6, 6.07) is 3.12. The number of ether oxygens (including phenoxy) is 1. The van der Waals surface area contributed by atoms with Crippen LogP contribution in [0.1, 0.15) is 0 Å². The molecule has 0 fully saturated rings. The molecule has 0 bridgehead atoms. The summed E-state index contributed by atoms with van der Waals surface area (Å²) in [7, 11) is 0. The summed E-state index contributed by atoms with van der Waals surface area (Å²) in [5.74, 6) is -0.503. The number of benzene rings is 1. The number of nitrogens with one attached hydrogen (secondary N) is 2. The SMILES string of the molecule is CS/C(N)=C(N)\C=C(/C=N)Oc1c(F)cc2[nH]ccc2c1Br. The molecule has 2 rings (SSSR count). The van der Waals surface area contributed by atoms with E-state index in [4.69, 9.17) is 21.6 Å². The van der Waals surface area contributed by atoms with Gasteiger partial charge in [0.15, 0.2) is 11.6 Å². The summed E-state index contributed by atoms with van der Waals surface area (Å²) >= 11 is 4.59. The molecule has 0 spiro atoms. The van der Waals surface area contributed by atoms with Gasteiger partial charge in [0.05, 0.1) is 21.4 Å². The lowest BCUT2D eigenvalue weighted by Gasteiger charge is -2.10. The van der Waals surface area contributed by atoms with E-state index in [1.54, 1.807) is 18.5 Å². The molecule has 0 radical (unpaired) electrons. The van der Waals surface area contributed by atoms with Crippen molar-refractivity contribution in [2.45, 2.75) is 0 Å². The molecule has 0 aliphatic carbocycles. The molecular weight excluding hydrogens is 371 g/mol. The third kappa shape index (κ3) is 3.28. The second-order valence-corrected chi connectivity index (χ2v) is 5.90. The number of nitrogens with two attached hydrogens (primary N) is 2. The average molecular weight is 385 g/mol. The maximum absolute atomic E-state index is 14.2. The Morgan fingerprint density at radius 1 is 1.50 bits per heavy atom. The minimum atomic E-state index is -0.560. The molecule has 1 heterocycles. The normalized spacial score (nSPS) is 13.1. The van der Waals surface area contributed by atoms with Gasteiger partial charge >= 0.3 is 0 Å². The number of H-pyrrole nitrogens is 1. The molecule has 0 aliphatic rings. The fourth-order valence-corrected chi connectivity index (χ4v) is 2.68. The first kappa shape index (κ1) is 16.4. The predicted octanol–water partition coefficient (Wildman–Crippen LogP) is 3.43. The highest BCUT2D eigenvalue weighted by atomic mass is 79.9. The van der Waals surface area contributed by atoms with Crippen molar-refractivity contribution in [3.8, 4) is 5.75 Å². The first-order valence-electron chi connectivity index (χ1n) is 6.12. The van der Waals surface area contributed by atoms with Crippen LogP contribution in [0.15, 0.2) is 45.4 Å². The van der Waals surface area contributed by atoms with E-state index in [0.717, 1.165) is 11.6 Å². The number of allylic oxidation sites excluding steroid dienone is 2. The molecule has 5 nitrogen and oxygen atoms in total. The summed E-state index contributed by atoms with van der Waals surface area (Å²) < 4.78 is 20.1. The lowest BCUT2D eigenvalue weighted by molar-refractivity contribution is 0.419. The molecule has 6 N–H and O–H groups in total. The van der Waals surface area contributed by atoms with Crippen LogP contribution in [-0.4, -0.2) is 17.5 Å². The van der Waals surface area contributed by atoms with Crippen LogP contribution < -0.4 is 16.2 Å². The van der Waals surface area contributed by atoms with Crippen LogP contribution in [0, 0.1) is 11.2 Å². The zero-order chi connectivity index (χ0) is 16.3. The Hall–Kier alpha value is -1.93. The van der Waals surface area contributed by atoms with Gasteiger partial charge in [-0.15, -0.1) is 11.8 Å². The van der Waals surface area contributed by atoms with E-state index >= 15 is 0 Å². The number of hydrogen-bond acceptors (Lipinski definition) is 5. The molecule has 116 valence electrons. The van der Waals surface area contributed by atoms with Crippen molar-refractivity contribution < 1.29 is 9.13 Å².